The van der Waals surface area contributed by atoms with E-state index in [4.69, 9.17) is 11.6 Å². The van der Waals surface area contributed by atoms with Crippen LogP contribution in [0.4, 0.5) is 5.82 Å². The van der Waals surface area contributed by atoms with Gasteiger partial charge in [-0.2, -0.15) is 0 Å². The van der Waals surface area contributed by atoms with E-state index in [1.807, 2.05) is 0 Å². The Labute approximate surface area is 106 Å². The molecule has 0 radical (unpaired) electrons. The first kappa shape index (κ1) is 12.3. The fourth-order valence-corrected chi connectivity index (χ4v) is 2.22. The van der Waals surface area contributed by atoms with Gasteiger partial charge in [0, 0.05) is 5.54 Å². The summed E-state index contributed by atoms with van der Waals surface area (Å²) < 4.78 is 0. The first-order chi connectivity index (χ1) is 7.94. The number of rotatable bonds is 4. The van der Waals surface area contributed by atoms with Crippen LogP contribution in [0.3, 0.4) is 0 Å². The Kier molecular flexibility index (Phi) is 3.08. The number of nitrogens with zero attached hydrogens (tertiary/aromatic N) is 2. The molecular weight excluding hydrogens is 238 g/mol. The molecule has 0 unspecified atom stereocenters. The summed E-state index contributed by atoms with van der Waals surface area (Å²) in [6.45, 7) is 5.99. The molecule has 1 N–H and O–H groups in total. The van der Waals surface area contributed by atoms with Crippen LogP contribution in [0.15, 0.2) is 0 Å². The van der Waals surface area contributed by atoms with Gasteiger partial charge in [-0.25, -0.2) is 9.97 Å². The highest BCUT2D eigenvalue weighted by Crippen LogP contribution is 2.41. The number of hydrogen-bond donors (Lipinski definition) is 1. The molecule has 2 rings (SSSR count). The summed E-state index contributed by atoms with van der Waals surface area (Å²) in [6.07, 6.45) is 3.13. The molecule has 1 aromatic heterocycles. The Morgan fingerprint density at radius 3 is 2.59 bits per heavy atom. The van der Waals surface area contributed by atoms with E-state index in [0.717, 1.165) is 0 Å². The fraction of sp³-hybridized carbons (Fsp3) is 0.583. The molecule has 17 heavy (non-hydrogen) atoms. The Hall–Kier alpha value is -1.16. The summed E-state index contributed by atoms with van der Waals surface area (Å²) in [5, 5.41) is 3.52. The lowest BCUT2D eigenvalue weighted by Gasteiger charge is -2.27. The molecule has 0 spiro atoms. The van der Waals surface area contributed by atoms with Crippen molar-refractivity contribution in [1.29, 1.82) is 0 Å². The third-order valence-electron chi connectivity index (χ3n) is 3.17. The lowest BCUT2D eigenvalue weighted by molar-refractivity contribution is 0.112. The Bertz CT molecular complexity index is 455. The van der Waals surface area contributed by atoms with Crippen LogP contribution in [-0.4, -0.2) is 21.8 Å². The summed E-state index contributed by atoms with van der Waals surface area (Å²) >= 11 is 5.94. The third kappa shape index (κ3) is 2.57. The van der Waals surface area contributed by atoms with Crippen LogP contribution >= 0.6 is 11.6 Å². The van der Waals surface area contributed by atoms with E-state index in [2.05, 4.69) is 29.1 Å². The van der Waals surface area contributed by atoms with Gasteiger partial charge in [-0.3, -0.25) is 4.79 Å². The maximum Gasteiger partial charge on any atom is 0.156 e. The minimum Gasteiger partial charge on any atom is -0.364 e. The maximum atomic E-state index is 11.0. The summed E-state index contributed by atoms with van der Waals surface area (Å²) in [6, 6.07) is 0. The second-order valence-electron chi connectivity index (χ2n) is 5.06. The summed E-state index contributed by atoms with van der Waals surface area (Å²) in [5.41, 5.74) is 0.271. The maximum absolute atomic E-state index is 11.0. The summed E-state index contributed by atoms with van der Waals surface area (Å²) in [7, 11) is 0. The van der Waals surface area contributed by atoms with Crippen LogP contribution in [0.1, 0.15) is 42.9 Å². The predicted molar refractivity (Wildman–Crippen MR) is 67.6 cm³/mol. The van der Waals surface area contributed by atoms with E-state index in [1.54, 1.807) is 6.92 Å². The monoisotopic (exact) mass is 253 g/mol. The molecule has 0 saturated heterocycles. The molecule has 1 heterocycles. The number of anilines is 1. The third-order valence-corrected chi connectivity index (χ3v) is 3.46. The van der Waals surface area contributed by atoms with Crippen molar-refractivity contribution >= 4 is 23.7 Å². The van der Waals surface area contributed by atoms with Crippen LogP contribution < -0.4 is 5.32 Å². The highest BCUT2D eigenvalue weighted by Gasteiger charge is 2.38. The fourth-order valence-electron chi connectivity index (χ4n) is 1.96. The largest absolute Gasteiger partial charge is 0.364 e. The van der Waals surface area contributed by atoms with E-state index in [0.29, 0.717) is 29.4 Å². The average Bonchev–Trinajstić information content (AvgIpc) is 2.98. The van der Waals surface area contributed by atoms with E-state index in [9.17, 15) is 4.79 Å². The van der Waals surface area contributed by atoms with Crippen LogP contribution in [0.25, 0.3) is 0 Å². The second-order valence-corrected chi connectivity index (χ2v) is 5.42. The molecule has 1 fully saturated rings. The molecule has 92 valence electrons. The molecule has 0 bridgehead atoms. The van der Waals surface area contributed by atoms with E-state index in [1.165, 1.54) is 12.8 Å². The minimum absolute atomic E-state index is 0.0676. The molecule has 1 saturated carbocycles. The smallest absolute Gasteiger partial charge is 0.156 e. The molecule has 0 amide bonds. The normalized spacial score (nSPS) is 15.8. The van der Waals surface area contributed by atoms with E-state index >= 15 is 0 Å². The Morgan fingerprint density at radius 1 is 1.41 bits per heavy atom. The number of halogens is 1. The molecule has 0 aliphatic heterocycles. The van der Waals surface area contributed by atoms with E-state index < -0.39 is 0 Å². The molecule has 4 nitrogen and oxygen atoms in total. The zero-order chi connectivity index (χ0) is 12.6. The highest BCUT2D eigenvalue weighted by molar-refractivity contribution is 6.32. The molecule has 1 aromatic rings. The van der Waals surface area contributed by atoms with Crippen molar-refractivity contribution in [3.05, 3.63) is 16.5 Å². The van der Waals surface area contributed by atoms with Gasteiger partial charge < -0.3 is 5.32 Å². The first-order valence-electron chi connectivity index (χ1n) is 5.71. The van der Waals surface area contributed by atoms with Gasteiger partial charge in [0.15, 0.2) is 6.29 Å². The summed E-state index contributed by atoms with van der Waals surface area (Å²) in [5.74, 6) is 1.74. The Balaban J connectivity index is 2.33. The number of carbonyl (C=O) groups excluding carboxylic acids is 1. The van der Waals surface area contributed by atoms with Crippen molar-refractivity contribution < 1.29 is 4.79 Å². The van der Waals surface area contributed by atoms with Crippen molar-refractivity contribution in [2.24, 2.45) is 5.92 Å². The van der Waals surface area contributed by atoms with E-state index in [-0.39, 0.29) is 10.7 Å². The molecule has 5 heteroatoms. The van der Waals surface area contributed by atoms with Crippen LogP contribution in [0.5, 0.6) is 0 Å². The van der Waals surface area contributed by atoms with Gasteiger partial charge in [-0.05, 0) is 39.5 Å². The molecule has 0 aromatic carbocycles. The Morgan fingerprint density at radius 2 is 2.06 bits per heavy atom. The molecule has 0 atom stereocenters. The zero-order valence-electron chi connectivity index (χ0n) is 10.2. The number of hydrogen-bond acceptors (Lipinski definition) is 4. The topological polar surface area (TPSA) is 54.9 Å². The standard InChI is InChI=1S/C12H16ClN3O/c1-7-14-10(13)9(6-17)11(15-7)16-12(2,3)8-4-5-8/h6,8H,4-5H2,1-3H3,(H,14,15,16). The number of aldehydes is 1. The lowest BCUT2D eigenvalue weighted by atomic mass is 9.98. The average molecular weight is 254 g/mol. The first-order valence-corrected chi connectivity index (χ1v) is 6.09. The molecular formula is C12H16ClN3O. The van der Waals surface area contributed by atoms with Crippen molar-refractivity contribution in [3.63, 3.8) is 0 Å². The van der Waals surface area contributed by atoms with Gasteiger partial charge in [0.1, 0.15) is 16.8 Å². The van der Waals surface area contributed by atoms with Gasteiger partial charge in [-0.1, -0.05) is 11.6 Å². The van der Waals surface area contributed by atoms with Crippen LogP contribution in [0, 0.1) is 12.8 Å². The molecule has 1 aliphatic carbocycles. The number of aryl methyl sites for hydroxylation is 1. The zero-order valence-corrected chi connectivity index (χ0v) is 11.0. The van der Waals surface area contributed by atoms with Gasteiger partial charge >= 0.3 is 0 Å². The van der Waals surface area contributed by atoms with Crippen LogP contribution in [-0.2, 0) is 0 Å². The van der Waals surface area contributed by atoms with Crippen LogP contribution in [0.2, 0.25) is 5.15 Å². The quantitative estimate of drug-likeness (QED) is 0.662. The number of aromatic nitrogens is 2. The van der Waals surface area contributed by atoms with Crippen molar-refractivity contribution in [2.45, 2.75) is 39.2 Å². The highest BCUT2D eigenvalue weighted by atomic mass is 35.5. The summed E-state index contributed by atoms with van der Waals surface area (Å²) in [4.78, 5) is 19.3. The van der Waals surface area contributed by atoms with Crippen molar-refractivity contribution in [1.82, 2.24) is 9.97 Å². The van der Waals surface area contributed by atoms with Gasteiger partial charge in [-0.15, -0.1) is 0 Å². The van der Waals surface area contributed by atoms with Gasteiger partial charge in [0.25, 0.3) is 0 Å². The van der Waals surface area contributed by atoms with Gasteiger partial charge in [0.2, 0.25) is 0 Å². The number of nitrogens with one attached hydrogen (secondary N) is 1. The number of carbonyl (C=O) groups is 1. The molecule has 1 aliphatic rings. The minimum atomic E-state index is -0.0676. The van der Waals surface area contributed by atoms with Crippen molar-refractivity contribution in [2.75, 3.05) is 5.32 Å². The second kappa shape index (κ2) is 4.26. The van der Waals surface area contributed by atoms with Crippen molar-refractivity contribution in [3.8, 4) is 0 Å². The lowest BCUT2D eigenvalue weighted by Crippen LogP contribution is -2.34. The van der Waals surface area contributed by atoms with Gasteiger partial charge in [0.05, 0.1) is 5.56 Å². The SMILES string of the molecule is Cc1nc(Cl)c(C=O)c(NC(C)(C)C2CC2)n1. The predicted octanol–water partition coefficient (Wildman–Crippen LogP) is 2.85.